The molecular formula is C20H18FNO5. The number of carbonyl (C=O) groups is 3. The van der Waals surface area contributed by atoms with Gasteiger partial charge in [-0.05, 0) is 49.4 Å². The quantitative estimate of drug-likeness (QED) is 0.350. The number of ether oxygens (including phenoxy) is 1. The minimum absolute atomic E-state index is 0.0783. The third kappa shape index (κ3) is 5.24. The molecule has 0 aliphatic rings. The van der Waals surface area contributed by atoms with Crippen molar-refractivity contribution in [1.29, 1.82) is 0 Å². The van der Waals surface area contributed by atoms with Crippen LogP contribution in [0.4, 0.5) is 4.39 Å². The van der Waals surface area contributed by atoms with Crippen LogP contribution in [-0.4, -0.2) is 33.8 Å². The fourth-order valence-electron chi connectivity index (χ4n) is 2.25. The third-order valence-electron chi connectivity index (χ3n) is 3.59. The van der Waals surface area contributed by atoms with Crippen LogP contribution >= 0.6 is 0 Å². The lowest BCUT2D eigenvalue weighted by molar-refractivity contribution is -0.141. The normalized spacial score (nSPS) is 11.6. The molecule has 2 aromatic rings. The Balaban J connectivity index is 2.14. The van der Waals surface area contributed by atoms with Gasteiger partial charge in [-0.2, -0.15) is 0 Å². The summed E-state index contributed by atoms with van der Waals surface area (Å²) in [4.78, 5) is 35.5. The van der Waals surface area contributed by atoms with E-state index in [1.54, 1.807) is 30.8 Å². The van der Waals surface area contributed by atoms with E-state index >= 15 is 0 Å². The average Bonchev–Trinajstić information content (AvgIpc) is 3.01. The highest BCUT2D eigenvalue weighted by atomic mass is 19.1. The van der Waals surface area contributed by atoms with E-state index in [4.69, 9.17) is 0 Å². The molecular weight excluding hydrogens is 353 g/mol. The zero-order chi connectivity index (χ0) is 20.0. The summed E-state index contributed by atoms with van der Waals surface area (Å²) < 4.78 is 19.2. The Morgan fingerprint density at radius 1 is 1.19 bits per heavy atom. The highest BCUT2D eigenvalue weighted by molar-refractivity contribution is 6.09. The van der Waals surface area contributed by atoms with Gasteiger partial charge in [0.15, 0.2) is 11.6 Å². The van der Waals surface area contributed by atoms with Crippen molar-refractivity contribution in [1.82, 2.24) is 4.57 Å². The van der Waals surface area contributed by atoms with Crippen molar-refractivity contribution in [3.05, 3.63) is 77.1 Å². The monoisotopic (exact) mass is 371 g/mol. The van der Waals surface area contributed by atoms with Gasteiger partial charge in [0.25, 0.3) is 0 Å². The zero-order valence-corrected chi connectivity index (χ0v) is 14.8. The van der Waals surface area contributed by atoms with Gasteiger partial charge in [-0.25, -0.2) is 9.18 Å². The van der Waals surface area contributed by atoms with Crippen LogP contribution in [0.25, 0.3) is 6.08 Å². The summed E-state index contributed by atoms with van der Waals surface area (Å²) in [5, 5.41) is 9.45. The number of carbonyl (C=O) groups excluding carboxylic acids is 3. The Hall–Kier alpha value is -3.48. The second kappa shape index (κ2) is 8.75. The number of aromatic nitrogens is 1. The van der Waals surface area contributed by atoms with E-state index in [-0.39, 0.29) is 12.4 Å². The van der Waals surface area contributed by atoms with Crippen LogP contribution in [0.3, 0.4) is 0 Å². The van der Waals surface area contributed by atoms with Gasteiger partial charge in [0.2, 0.25) is 5.76 Å². The molecule has 0 fully saturated rings. The number of aliphatic hydroxyl groups excluding tert-OH is 1. The van der Waals surface area contributed by atoms with Crippen molar-refractivity contribution in [3.63, 3.8) is 0 Å². The second-order valence-electron chi connectivity index (χ2n) is 5.59. The highest BCUT2D eigenvalue weighted by Crippen LogP contribution is 2.15. The predicted octanol–water partition coefficient (Wildman–Crippen LogP) is 2.98. The van der Waals surface area contributed by atoms with E-state index in [9.17, 15) is 23.9 Å². The third-order valence-corrected chi connectivity index (χ3v) is 3.59. The Labute approximate surface area is 155 Å². The maximum absolute atomic E-state index is 13.0. The Morgan fingerprint density at radius 2 is 1.85 bits per heavy atom. The van der Waals surface area contributed by atoms with Crippen LogP contribution < -0.4 is 0 Å². The number of allylic oxidation sites excluding steroid dienone is 2. The van der Waals surface area contributed by atoms with Crippen LogP contribution in [0.1, 0.15) is 28.5 Å². The number of hydrogen-bond acceptors (Lipinski definition) is 5. The molecule has 2 rings (SSSR count). The lowest BCUT2D eigenvalue weighted by Gasteiger charge is -1.98. The molecule has 27 heavy (non-hydrogen) atoms. The Bertz CT molecular complexity index is 922. The molecule has 0 atom stereocenters. The predicted molar refractivity (Wildman–Crippen MR) is 96.6 cm³/mol. The maximum atomic E-state index is 13.0. The fourth-order valence-corrected chi connectivity index (χ4v) is 2.25. The fraction of sp³-hybridized carbons (Fsp3) is 0.150. The summed E-state index contributed by atoms with van der Waals surface area (Å²) in [6.45, 7) is 1.65. The molecule has 140 valence electrons. The van der Waals surface area contributed by atoms with Crippen molar-refractivity contribution in [2.45, 2.75) is 6.92 Å². The number of esters is 1. The topological polar surface area (TPSA) is 85.6 Å². The zero-order valence-electron chi connectivity index (χ0n) is 14.8. The summed E-state index contributed by atoms with van der Waals surface area (Å²) in [7, 11) is 1.69. The van der Waals surface area contributed by atoms with Gasteiger partial charge in [-0.3, -0.25) is 9.59 Å². The molecule has 0 amide bonds. The van der Waals surface area contributed by atoms with Crippen LogP contribution in [0.5, 0.6) is 0 Å². The van der Waals surface area contributed by atoms with Crippen molar-refractivity contribution in [2.24, 2.45) is 7.05 Å². The van der Waals surface area contributed by atoms with Crippen LogP contribution in [0.2, 0.25) is 0 Å². The molecule has 0 spiro atoms. The Morgan fingerprint density at radius 3 is 2.48 bits per heavy atom. The number of aliphatic hydroxyl groups is 1. The van der Waals surface area contributed by atoms with Gasteiger partial charge in [-0.1, -0.05) is 0 Å². The van der Waals surface area contributed by atoms with Gasteiger partial charge in [0.05, 0.1) is 6.61 Å². The van der Waals surface area contributed by atoms with E-state index in [0.29, 0.717) is 16.8 Å². The van der Waals surface area contributed by atoms with Crippen molar-refractivity contribution >= 4 is 23.6 Å². The molecule has 7 heteroatoms. The lowest BCUT2D eigenvalue weighted by Crippen LogP contribution is -2.08. The summed E-state index contributed by atoms with van der Waals surface area (Å²) >= 11 is 0. The molecule has 0 aliphatic carbocycles. The second-order valence-corrected chi connectivity index (χ2v) is 5.59. The first-order chi connectivity index (χ1) is 12.8. The first-order valence-corrected chi connectivity index (χ1v) is 8.08. The largest absolute Gasteiger partial charge is 0.502 e. The summed E-state index contributed by atoms with van der Waals surface area (Å²) in [6.07, 6.45) is 4.93. The summed E-state index contributed by atoms with van der Waals surface area (Å²) in [5.41, 5.74) is 1.27. The van der Waals surface area contributed by atoms with Crippen LogP contribution in [-0.2, 0) is 21.4 Å². The summed E-state index contributed by atoms with van der Waals surface area (Å²) in [5.74, 6) is -3.10. The number of nitrogens with zero attached hydrogens (tertiary/aromatic N) is 1. The van der Waals surface area contributed by atoms with Crippen molar-refractivity contribution < 1.29 is 28.6 Å². The van der Waals surface area contributed by atoms with Crippen molar-refractivity contribution in [3.8, 4) is 0 Å². The molecule has 1 heterocycles. The minimum Gasteiger partial charge on any atom is -0.502 e. The van der Waals surface area contributed by atoms with Crippen LogP contribution in [0.15, 0.2) is 54.4 Å². The van der Waals surface area contributed by atoms with E-state index in [2.05, 4.69) is 4.74 Å². The SMILES string of the molecule is CCOC(=O)/C(O)=C/C(=O)/C=C/c1cc(C(=O)c2ccc(F)cc2)cn1C. The molecule has 0 saturated heterocycles. The molecule has 0 radical (unpaired) electrons. The van der Waals surface area contributed by atoms with E-state index in [1.807, 2.05) is 0 Å². The maximum Gasteiger partial charge on any atom is 0.373 e. The average molecular weight is 371 g/mol. The van der Waals surface area contributed by atoms with Crippen LogP contribution in [0, 0.1) is 5.82 Å². The molecule has 1 aromatic heterocycles. The van der Waals surface area contributed by atoms with Gasteiger partial charge in [0.1, 0.15) is 5.82 Å². The molecule has 6 nitrogen and oxygen atoms in total. The molecule has 0 unspecified atom stereocenters. The first-order valence-electron chi connectivity index (χ1n) is 8.08. The highest BCUT2D eigenvalue weighted by Gasteiger charge is 2.13. The first kappa shape index (κ1) is 19.8. The smallest absolute Gasteiger partial charge is 0.373 e. The van der Waals surface area contributed by atoms with E-state index in [0.717, 1.165) is 12.2 Å². The van der Waals surface area contributed by atoms with Gasteiger partial charge in [0, 0.05) is 36.1 Å². The van der Waals surface area contributed by atoms with Gasteiger partial charge >= 0.3 is 5.97 Å². The van der Waals surface area contributed by atoms with Gasteiger partial charge < -0.3 is 14.4 Å². The number of aryl methyl sites for hydroxylation is 1. The number of ketones is 2. The van der Waals surface area contributed by atoms with E-state index in [1.165, 1.54) is 30.3 Å². The Kier molecular flexibility index (Phi) is 6.43. The molecule has 0 saturated carbocycles. The summed E-state index contributed by atoms with van der Waals surface area (Å²) in [6, 6.07) is 6.78. The number of hydrogen-bond donors (Lipinski definition) is 1. The number of benzene rings is 1. The van der Waals surface area contributed by atoms with E-state index < -0.39 is 23.3 Å². The molecule has 0 aliphatic heterocycles. The number of rotatable bonds is 7. The molecule has 1 aromatic carbocycles. The van der Waals surface area contributed by atoms with Crippen molar-refractivity contribution in [2.75, 3.05) is 6.61 Å². The minimum atomic E-state index is -0.981. The van der Waals surface area contributed by atoms with Gasteiger partial charge in [-0.15, -0.1) is 0 Å². The lowest BCUT2D eigenvalue weighted by atomic mass is 10.1. The molecule has 0 bridgehead atoms. The standard InChI is InChI=1S/C20H18FNO5/c1-3-27-20(26)18(24)11-17(23)9-8-16-10-14(12-22(16)2)19(25)13-4-6-15(21)7-5-13/h4-12,24H,3H2,1-2H3/b9-8+,18-11-. The molecule has 1 N–H and O–H groups in total. The number of halogens is 1.